The topological polar surface area (TPSA) is 60.1 Å². The van der Waals surface area contributed by atoms with E-state index >= 15 is 0 Å². The minimum absolute atomic E-state index is 0.119. The maximum atomic E-state index is 13.3. The monoisotopic (exact) mass is 352 g/mol. The predicted octanol–water partition coefficient (Wildman–Crippen LogP) is 2.85. The Morgan fingerprint density at radius 2 is 1.88 bits per heavy atom. The summed E-state index contributed by atoms with van der Waals surface area (Å²) >= 11 is 0. The maximum Gasteiger partial charge on any atom is 0.291 e. The van der Waals surface area contributed by atoms with Gasteiger partial charge < -0.3 is 9.47 Å². The zero-order valence-corrected chi connectivity index (χ0v) is 15.3. The second kappa shape index (κ2) is 6.59. The van der Waals surface area contributed by atoms with Crippen molar-refractivity contribution in [2.45, 2.75) is 38.6 Å². The molecule has 1 aliphatic heterocycles. The molecule has 4 rings (SSSR count). The van der Waals surface area contributed by atoms with Gasteiger partial charge in [0.1, 0.15) is 11.6 Å². The van der Waals surface area contributed by atoms with Gasteiger partial charge in [0.2, 0.25) is 5.91 Å². The van der Waals surface area contributed by atoms with Crippen LogP contribution in [0.1, 0.15) is 38.6 Å². The molecule has 1 fully saturated rings. The summed E-state index contributed by atoms with van der Waals surface area (Å²) < 4.78 is 3.29. The number of rotatable bonds is 3. The van der Waals surface area contributed by atoms with Crippen molar-refractivity contribution in [1.29, 1.82) is 0 Å². The fraction of sp³-hybridized carbons (Fsp3) is 0.450. The minimum atomic E-state index is -0.370. The van der Waals surface area contributed by atoms with Crippen LogP contribution in [-0.2, 0) is 11.8 Å². The van der Waals surface area contributed by atoms with E-state index in [1.54, 1.807) is 13.2 Å². The first-order valence-electron chi connectivity index (χ1n) is 9.37. The number of carbonyl (C=O) groups excluding carboxylic acids is 1. The van der Waals surface area contributed by atoms with Crippen molar-refractivity contribution in [2.24, 2.45) is 7.05 Å². The van der Waals surface area contributed by atoms with E-state index in [2.05, 4.69) is 5.10 Å². The van der Waals surface area contributed by atoms with Crippen molar-refractivity contribution >= 4 is 27.7 Å². The van der Waals surface area contributed by atoms with E-state index < -0.39 is 0 Å². The third-order valence-corrected chi connectivity index (χ3v) is 5.46. The van der Waals surface area contributed by atoms with Crippen molar-refractivity contribution < 1.29 is 4.79 Å². The molecule has 1 atom stereocenters. The molecule has 6 nitrogen and oxygen atoms in total. The van der Waals surface area contributed by atoms with E-state index in [0.717, 1.165) is 42.2 Å². The van der Waals surface area contributed by atoms with Crippen LogP contribution >= 0.6 is 0 Å². The number of likely N-dealkylation sites (tertiary alicyclic amines) is 1. The number of nitrogens with zero attached hydrogens (tertiary/aromatic N) is 4. The van der Waals surface area contributed by atoms with Crippen LogP contribution in [0.2, 0.25) is 0 Å². The van der Waals surface area contributed by atoms with Crippen molar-refractivity contribution in [2.75, 3.05) is 13.1 Å². The molecule has 2 aromatic heterocycles. The molecule has 136 valence electrons. The molecule has 3 heterocycles. The Morgan fingerprint density at radius 1 is 1.15 bits per heavy atom. The summed E-state index contributed by atoms with van der Waals surface area (Å²) in [6.07, 6.45) is 5.67. The number of aromatic nitrogens is 3. The molecule has 1 aromatic carbocycles. The summed E-state index contributed by atoms with van der Waals surface area (Å²) in [5.74, 6) is 0.119. The smallest absolute Gasteiger partial charge is 0.291 e. The number of hydrogen-bond donors (Lipinski definition) is 0. The average molecular weight is 352 g/mol. The normalized spacial score (nSPS) is 16.3. The Labute approximate surface area is 152 Å². The molecular formula is C20H24N4O2. The van der Waals surface area contributed by atoms with Gasteiger partial charge in [-0.1, -0.05) is 25.1 Å². The van der Waals surface area contributed by atoms with E-state index in [4.69, 9.17) is 0 Å². The third-order valence-electron chi connectivity index (χ3n) is 5.46. The summed E-state index contributed by atoms with van der Waals surface area (Å²) in [6.45, 7) is 3.64. The molecular weight excluding hydrogens is 328 g/mol. The SMILES string of the molecule is CC[C@H](C(=O)N1CCCCC1)n1c2ccccc2c2cnn(C)c(=O)c21. The van der Waals surface area contributed by atoms with Crippen LogP contribution in [0.25, 0.3) is 21.8 Å². The fourth-order valence-corrected chi connectivity index (χ4v) is 4.10. The zero-order chi connectivity index (χ0) is 18.3. The van der Waals surface area contributed by atoms with Gasteiger partial charge in [0.05, 0.1) is 11.7 Å². The van der Waals surface area contributed by atoms with Crippen molar-refractivity contribution in [3.8, 4) is 0 Å². The molecule has 3 aromatic rings. The van der Waals surface area contributed by atoms with Gasteiger partial charge >= 0.3 is 0 Å². The Morgan fingerprint density at radius 3 is 2.62 bits per heavy atom. The molecule has 1 aliphatic rings. The van der Waals surface area contributed by atoms with Gasteiger partial charge in [-0.2, -0.15) is 5.10 Å². The largest absolute Gasteiger partial charge is 0.341 e. The van der Waals surface area contributed by atoms with Crippen LogP contribution in [0.15, 0.2) is 35.3 Å². The molecule has 1 amide bonds. The van der Waals surface area contributed by atoms with Crippen LogP contribution in [0.3, 0.4) is 0 Å². The second-order valence-corrected chi connectivity index (χ2v) is 7.03. The summed E-state index contributed by atoms with van der Waals surface area (Å²) in [6, 6.07) is 7.52. The zero-order valence-electron chi connectivity index (χ0n) is 15.3. The number of hydrogen-bond acceptors (Lipinski definition) is 3. The fourth-order valence-electron chi connectivity index (χ4n) is 4.10. The van der Waals surface area contributed by atoms with E-state index in [1.807, 2.05) is 40.7 Å². The number of fused-ring (bicyclic) bond motifs is 3. The van der Waals surface area contributed by atoms with Gasteiger partial charge in [-0.25, -0.2) is 4.68 Å². The van der Waals surface area contributed by atoms with Crippen LogP contribution < -0.4 is 5.56 Å². The molecule has 0 bridgehead atoms. The highest BCUT2D eigenvalue weighted by molar-refractivity contribution is 6.08. The summed E-state index contributed by atoms with van der Waals surface area (Å²) in [5.41, 5.74) is 1.33. The Kier molecular flexibility index (Phi) is 4.26. The molecule has 0 spiro atoms. The standard InChI is InChI=1S/C20H24N4O2/c1-3-16(19(25)23-11-7-4-8-12-23)24-17-10-6-5-9-14(17)15-13-21-22(2)20(26)18(15)24/h5-6,9-10,13,16H,3-4,7-8,11-12H2,1-2H3/t16-/m1/s1. The lowest BCUT2D eigenvalue weighted by Gasteiger charge is -2.31. The van der Waals surface area contributed by atoms with Gasteiger partial charge in [0, 0.05) is 30.9 Å². The van der Waals surface area contributed by atoms with Crippen molar-refractivity contribution in [1.82, 2.24) is 19.2 Å². The number of piperidine rings is 1. The lowest BCUT2D eigenvalue weighted by atomic mass is 10.1. The van der Waals surface area contributed by atoms with Crippen LogP contribution in [-0.4, -0.2) is 38.2 Å². The predicted molar refractivity (Wildman–Crippen MR) is 102 cm³/mol. The minimum Gasteiger partial charge on any atom is -0.341 e. The summed E-state index contributed by atoms with van der Waals surface area (Å²) in [5, 5.41) is 5.97. The van der Waals surface area contributed by atoms with E-state index in [-0.39, 0.29) is 17.5 Å². The maximum absolute atomic E-state index is 13.3. The van der Waals surface area contributed by atoms with Crippen LogP contribution in [0.4, 0.5) is 0 Å². The first-order valence-corrected chi connectivity index (χ1v) is 9.37. The van der Waals surface area contributed by atoms with E-state index in [9.17, 15) is 9.59 Å². The highest BCUT2D eigenvalue weighted by atomic mass is 16.2. The Hall–Kier alpha value is -2.63. The molecule has 0 unspecified atom stereocenters. The molecule has 1 saturated heterocycles. The molecule has 0 saturated carbocycles. The summed E-state index contributed by atoms with van der Waals surface area (Å²) in [7, 11) is 1.65. The van der Waals surface area contributed by atoms with Gasteiger partial charge in [-0.3, -0.25) is 9.59 Å². The number of aryl methyl sites for hydroxylation is 1. The highest BCUT2D eigenvalue weighted by Crippen LogP contribution is 2.31. The van der Waals surface area contributed by atoms with Gasteiger partial charge in [0.25, 0.3) is 5.56 Å². The first kappa shape index (κ1) is 16.8. The first-order chi connectivity index (χ1) is 12.6. The number of amides is 1. The lowest BCUT2D eigenvalue weighted by Crippen LogP contribution is -2.40. The Bertz CT molecular complexity index is 1030. The van der Waals surface area contributed by atoms with Crippen molar-refractivity contribution in [3.05, 3.63) is 40.8 Å². The van der Waals surface area contributed by atoms with Gasteiger partial charge in [0.15, 0.2) is 0 Å². The average Bonchev–Trinajstić information content (AvgIpc) is 3.01. The highest BCUT2D eigenvalue weighted by Gasteiger charge is 2.29. The number of benzene rings is 1. The van der Waals surface area contributed by atoms with Gasteiger partial charge in [-0.15, -0.1) is 0 Å². The number of carbonyl (C=O) groups is 1. The summed E-state index contributed by atoms with van der Waals surface area (Å²) in [4.78, 5) is 28.1. The third kappa shape index (κ3) is 2.52. The lowest BCUT2D eigenvalue weighted by molar-refractivity contribution is -0.135. The van der Waals surface area contributed by atoms with Gasteiger partial charge in [-0.05, 0) is 31.7 Å². The second-order valence-electron chi connectivity index (χ2n) is 7.03. The number of para-hydroxylation sites is 1. The molecule has 0 aliphatic carbocycles. The molecule has 26 heavy (non-hydrogen) atoms. The quantitative estimate of drug-likeness (QED) is 0.728. The molecule has 0 N–H and O–H groups in total. The molecule has 0 radical (unpaired) electrons. The van der Waals surface area contributed by atoms with E-state index in [0.29, 0.717) is 11.9 Å². The van der Waals surface area contributed by atoms with Crippen LogP contribution in [0.5, 0.6) is 0 Å². The van der Waals surface area contributed by atoms with Crippen LogP contribution in [0, 0.1) is 0 Å². The van der Waals surface area contributed by atoms with Crippen molar-refractivity contribution in [3.63, 3.8) is 0 Å². The van der Waals surface area contributed by atoms with E-state index in [1.165, 1.54) is 11.1 Å². The molecule has 6 heteroatoms. The Balaban J connectivity index is 1.96.